The van der Waals surface area contributed by atoms with E-state index in [0.717, 1.165) is 12.5 Å². The molecule has 2 rings (SSSR count). The van der Waals surface area contributed by atoms with Crippen molar-refractivity contribution in [2.75, 3.05) is 13.1 Å². The summed E-state index contributed by atoms with van der Waals surface area (Å²) in [6, 6.07) is 12.1. The van der Waals surface area contributed by atoms with Gasteiger partial charge in [-0.15, -0.1) is 0 Å². The van der Waals surface area contributed by atoms with E-state index in [9.17, 15) is 0 Å². The fourth-order valence-electron chi connectivity index (χ4n) is 3.88. The summed E-state index contributed by atoms with van der Waals surface area (Å²) in [5.41, 5.74) is 1.81. The maximum atomic E-state index is 3.82. The Hall–Kier alpha value is -0.860. The first-order chi connectivity index (χ1) is 10.9. The van der Waals surface area contributed by atoms with Gasteiger partial charge in [0.1, 0.15) is 0 Å². The Bertz CT molecular complexity index is 449. The van der Waals surface area contributed by atoms with Crippen molar-refractivity contribution in [2.24, 2.45) is 11.3 Å². The highest BCUT2D eigenvalue weighted by atomic mass is 15.2. The van der Waals surface area contributed by atoms with Gasteiger partial charge in [0.25, 0.3) is 0 Å². The largest absolute Gasteiger partial charge is 0.309 e. The predicted octanol–water partition coefficient (Wildman–Crippen LogP) is 4.70. The number of hydrogen-bond donors (Lipinski definition) is 1. The third-order valence-corrected chi connectivity index (χ3v) is 5.12. The summed E-state index contributed by atoms with van der Waals surface area (Å²) < 4.78 is 0. The van der Waals surface area contributed by atoms with Crippen LogP contribution in [0.2, 0.25) is 0 Å². The molecular formula is C21H36N2. The first-order valence-corrected chi connectivity index (χ1v) is 9.38. The van der Waals surface area contributed by atoms with E-state index < -0.39 is 0 Å². The second-order valence-electron chi connectivity index (χ2n) is 8.64. The molecule has 0 aromatic heterocycles. The van der Waals surface area contributed by atoms with Gasteiger partial charge in [-0.1, -0.05) is 58.0 Å². The molecule has 0 bridgehead atoms. The van der Waals surface area contributed by atoms with Crippen LogP contribution in [-0.2, 0) is 6.54 Å². The lowest BCUT2D eigenvalue weighted by atomic mass is 9.79. The molecule has 1 aliphatic rings. The van der Waals surface area contributed by atoms with Crippen molar-refractivity contribution in [1.82, 2.24) is 10.2 Å². The topological polar surface area (TPSA) is 15.3 Å². The molecule has 1 saturated heterocycles. The Kier molecular flexibility index (Phi) is 6.67. The van der Waals surface area contributed by atoms with Crippen molar-refractivity contribution in [3.8, 4) is 0 Å². The van der Waals surface area contributed by atoms with Gasteiger partial charge in [-0.25, -0.2) is 0 Å². The normalized spacial score (nSPS) is 24.6. The van der Waals surface area contributed by atoms with Gasteiger partial charge in [0, 0.05) is 31.7 Å². The van der Waals surface area contributed by atoms with Gasteiger partial charge in [0.15, 0.2) is 0 Å². The molecule has 3 unspecified atom stereocenters. The second-order valence-corrected chi connectivity index (χ2v) is 8.64. The number of likely N-dealkylation sites (tertiary alicyclic amines) is 1. The highest BCUT2D eigenvalue weighted by Crippen LogP contribution is 2.31. The van der Waals surface area contributed by atoms with E-state index in [-0.39, 0.29) is 0 Å². The lowest BCUT2D eigenvalue weighted by molar-refractivity contribution is 0.0822. The van der Waals surface area contributed by atoms with E-state index in [1.807, 2.05) is 0 Å². The molecule has 1 fully saturated rings. The maximum absolute atomic E-state index is 3.82. The van der Waals surface area contributed by atoms with E-state index in [0.29, 0.717) is 17.5 Å². The number of piperidine rings is 1. The molecule has 1 heterocycles. The average molecular weight is 317 g/mol. The minimum Gasteiger partial charge on any atom is -0.309 e. The van der Waals surface area contributed by atoms with Crippen molar-refractivity contribution in [1.29, 1.82) is 0 Å². The Morgan fingerprint density at radius 3 is 2.48 bits per heavy atom. The van der Waals surface area contributed by atoms with Crippen LogP contribution in [0.25, 0.3) is 0 Å². The van der Waals surface area contributed by atoms with Gasteiger partial charge >= 0.3 is 0 Å². The van der Waals surface area contributed by atoms with E-state index in [2.05, 4.69) is 75.2 Å². The Balaban J connectivity index is 1.96. The average Bonchev–Trinajstić information content (AvgIpc) is 2.51. The highest BCUT2D eigenvalue weighted by Gasteiger charge is 2.31. The van der Waals surface area contributed by atoms with Gasteiger partial charge in [-0.05, 0) is 43.1 Å². The SMILES string of the molecule is CCC(C)N1CC(CC(C)(C)C)CC(NCc2ccccc2)C1. The molecule has 23 heavy (non-hydrogen) atoms. The highest BCUT2D eigenvalue weighted by molar-refractivity contribution is 5.14. The molecule has 0 radical (unpaired) electrons. The van der Waals surface area contributed by atoms with Crippen molar-refractivity contribution < 1.29 is 0 Å². The van der Waals surface area contributed by atoms with E-state index in [1.54, 1.807) is 0 Å². The summed E-state index contributed by atoms with van der Waals surface area (Å²) in [6.07, 6.45) is 3.88. The van der Waals surface area contributed by atoms with E-state index in [1.165, 1.54) is 37.9 Å². The lowest BCUT2D eigenvalue weighted by Gasteiger charge is -2.43. The quantitative estimate of drug-likeness (QED) is 0.818. The Labute approximate surface area is 143 Å². The first-order valence-electron chi connectivity index (χ1n) is 9.38. The van der Waals surface area contributed by atoms with Gasteiger partial charge in [-0.3, -0.25) is 4.90 Å². The molecule has 3 atom stereocenters. The summed E-state index contributed by atoms with van der Waals surface area (Å²) >= 11 is 0. The van der Waals surface area contributed by atoms with Crippen LogP contribution in [0.4, 0.5) is 0 Å². The standard InChI is InChI=1S/C21H36N2/c1-6-17(2)23-15-19(13-21(3,4)5)12-20(16-23)22-14-18-10-8-7-9-11-18/h7-11,17,19-20,22H,6,12-16H2,1-5H3. The maximum Gasteiger partial charge on any atom is 0.0208 e. The third-order valence-electron chi connectivity index (χ3n) is 5.12. The predicted molar refractivity (Wildman–Crippen MR) is 101 cm³/mol. The van der Waals surface area contributed by atoms with Gasteiger partial charge < -0.3 is 5.32 Å². The number of rotatable bonds is 6. The third kappa shape index (κ3) is 6.27. The van der Waals surface area contributed by atoms with Gasteiger partial charge in [0.2, 0.25) is 0 Å². The van der Waals surface area contributed by atoms with Crippen molar-refractivity contribution in [3.05, 3.63) is 35.9 Å². The zero-order valence-corrected chi connectivity index (χ0v) is 15.8. The molecule has 0 amide bonds. The monoisotopic (exact) mass is 316 g/mol. The van der Waals surface area contributed by atoms with Crippen LogP contribution in [0.5, 0.6) is 0 Å². The molecule has 130 valence electrons. The number of benzene rings is 1. The molecule has 0 saturated carbocycles. The van der Waals surface area contributed by atoms with E-state index >= 15 is 0 Å². The van der Waals surface area contributed by atoms with Crippen LogP contribution in [0.3, 0.4) is 0 Å². The fraction of sp³-hybridized carbons (Fsp3) is 0.714. The summed E-state index contributed by atoms with van der Waals surface area (Å²) in [6.45, 7) is 15.3. The lowest BCUT2D eigenvalue weighted by Crippen LogP contribution is -2.52. The zero-order valence-electron chi connectivity index (χ0n) is 15.8. The van der Waals surface area contributed by atoms with Crippen LogP contribution < -0.4 is 5.32 Å². The van der Waals surface area contributed by atoms with Crippen molar-refractivity contribution >= 4 is 0 Å². The van der Waals surface area contributed by atoms with Crippen molar-refractivity contribution in [3.63, 3.8) is 0 Å². The molecule has 2 nitrogen and oxygen atoms in total. The first kappa shape index (κ1) is 18.5. The molecule has 1 aromatic rings. The molecule has 0 spiro atoms. The van der Waals surface area contributed by atoms with Gasteiger partial charge in [-0.2, -0.15) is 0 Å². The fourth-order valence-corrected chi connectivity index (χ4v) is 3.88. The van der Waals surface area contributed by atoms with Crippen LogP contribution in [0.1, 0.15) is 59.4 Å². The summed E-state index contributed by atoms with van der Waals surface area (Å²) in [4.78, 5) is 2.71. The van der Waals surface area contributed by atoms with E-state index in [4.69, 9.17) is 0 Å². The van der Waals surface area contributed by atoms with Crippen LogP contribution in [0, 0.1) is 11.3 Å². The summed E-state index contributed by atoms with van der Waals surface area (Å²) in [5, 5.41) is 3.82. The number of nitrogens with zero attached hydrogens (tertiary/aromatic N) is 1. The number of hydrogen-bond acceptors (Lipinski definition) is 2. The van der Waals surface area contributed by atoms with Crippen LogP contribution in [-0.4, -0.2) is 30.1 Å². The summed E-state index contributed by atoms with van der Waals surface area (Å²) in [5.74, 6) is 0.811. The molecule has 1 N–H and O–H groups in total. The molecule has 0 aliphatic carbocycles. The Morgan fingerprint density at radius 2 is 1.87 bits per heavy atom. The van der Waals surface area contributed by atoms with Crippen molar-refractivity contribution in [2.45, 2.75) is 72.5 Å². The summed E-state index contributed by atoms with van der Waals surface area (Å²) in [7, 11) is 0. The molecular weight excluding hydrogens is 280 g/mol. The minimum absolute atomic E-state index is 0.424. The smallest absolute Gasteiger partial charge is 0.0208 e. The molecule has 1 aromatic carbocycles. The zero-order chi connectivity index (χ0) is 16.9. The molecule has 2 heteroatoms. The van der Waals surface area contributed by atoms with Gasteiger partial charge in [0.05, 0.1) is 0 Å². The minimum atomic E-state index is 0.424. The molecule has 1 aliphatic heterocycles. The second kappa shape index (κ2) is 8.30. The van der Waals surface area contributed by atoms with Crippen LogP contribution >= 0.6 is 0 Å². The number of nitrogens with one attached hydrogen (secondary N) is 1. The van der Waals surface area contributed by atoms with Crippen LogP contribution in [0.15, 0.2) is 30.3 Å². The Morgan fingerprint density at radius 1 is 1.17 bits per heavy atom.